The standard InChI is InChI=1S/C14H18Cl2FN/c15-11-7-6-10(13(17)8-11)9-18-14-5-3-1-2-4-12(14)16/h6-8,12,14,18H,1-5,9H2. The predicted molar refractivity (Wildman–Crippen MR) is 74.8 cm³/mol. The Morgan fingerprint density at radius 2 is 2.00 bits per heavy atom. The van der Waals surface area contributed by atoms with Gasteiger partial charge in [0, 0.05) is 28.5 Å². The fraction of sp³-hybridized carbons (Fsp3) is 0.571. The first-order valence-corrected chi connectivity index (χ1v) is 7.29. The summed E-state index contributed by atoms with van der Waals surface area (Å²) in [6, 6.07) is 5.07. The van der Waals surface area contributed by atoms with Crippen molar-refractivity contribution in [2.45, 2.75) is 50.1 Å². The lowest BCUT2D eigenvalue weighted by molar-refractivity contribution is 0.457. The van der Waals surface area contributed by atoms with Crippen molar-refractivity contribution < 1.29 is 4.39 Å². The van der Waals surface area contributed by atoms with Gasteiger partial charge in [-0.25, -0.2) is 4.39 Å². The molecule has 1 nitrogen and oxygen atoms in total. The molecule has 0 aliphatic heterocycles. The van der Waals surface area contributed by atoms with E-state index in [2.05, 4.69) is 5.32 Å². The van der Waals surface area contributed by atoms with E-state index in [0.29, 0.717) is 17.1 Å². The van der Waals surface area contributed by atoms with Crippen molar-refractivity contribution in [1.29, 1.82) is 0 Å². The van der Waals surface area contributed by atoms with Gasteiger partial charge >= 0.3 is 0 Å². The van der Waals surface area contributed by atoms with Crippen molar-refractivity contribution in [2.75, 3.05) is 0 Å². The molecular formula is C14H18Cl2FN. The summed E-state index contributed by atoms with van der Waals surface area (Å²) in [6.07, 6.45) is 5.76. The summed E-state index contributed by atoms with van der Waals surface area (Å²) in [4.78, 5) is 0. The zero-order chi connectivity index (χ0) is 13.0. The zero-order valence-corrected chi connectivity index (χ0v) is 11.8. The van der Waals surface area contributed by atoms with E-state index < -0.39 is 0 Å². The average Bonchev–Trinajstić information content (AvgIpc) is 2.53. The van der Waals surface area contributed by atoms with E-state index in [1.165, 1.54) is 25.3 Å². The Kier molecular flexibility index (Phi) is 5.28. The van der Waals surface area contributed by atoms with E-state index in [4.69, 9.17) is 23.2 Å². The van der Waals surface area contributed by atoms with Crippen LogP contribution in [0.1, 0.15) is 37.7 Å². The summed E-state index contributed by atoms with van der Waals surface area (Å²) in [5.74, 6) is -0.255. The van der Waals surface area contributed by atoms with Crippen LogP contribution in [-0.2, 0) is 6.54 Å². The molecule has 1 aliphatic carbocycles. The quantitative estimate of drug-likeness (QED) is 0.638. The topological polar surface area (TPSA) is 12.0 Å². The number of rotatable bonds is 3. The van der Waals surface area contributed by atoms with Gasteiger partial charge in [-0.2, -0.15) is 0 Å². The maximum Gasteiger partial charge on any atom is 0.129 e. The number of alkyl halides is 1. The molecule has 4 heteroatoms. The molecule has 2 atom stereocenters. The molecule has 0 bridgehead atoms. The number of hydrogen-bond acceptors (Lipinski definition) is 1. The molecule has 1 N–H and O–H groups in total. The van der Waals surface area contributed by atoms with Crippen LogP contribution >= 0.6 is 23.2 Å². The molecule has 0 radical (unpaired) electrons. The molecule has 1 saturated carbocycles. The second-order valence-corrected chi connectivity index (χ2v) is 5.87. The van der Waals surface area contributed by atoms with Crippen LogP contribution in [0, 0.1) is 5.82 Å². The maximum absolute atomic E-state index is 13.6. The second-order valence-electron chi connectivity index (χ2n) is 4.88. The van der Waals surface area contributed by atoms with E-state index >= 15 is 0 Å². The van der Waals surface area contributed by atoms with E-state index in [1.54, 1.807) is 12.1 Å². The van der Waals surface area contributed by atoms with Crippen LogP contribution in [0.15, 0.2) is 18.2 Å². The predicted octanol–water partition coefficient (Wildman–Crippen LogP) is 4.51. The first-order chi connectivity index (χ1) is 8.66. The van der Waals surface area contributed by atoms with Crippen molar-refractivity contribution in [3.05, 3.63) is 34.6 Å². The van der Waals surface area contributed by atoms with Gasteiger partial charge in [-0.3, -0.25) is 0 Å². The maximum atomic E-state index is 13.6. The van der Waals surface area contributed by atoms with Crippen molar-refractivity contribution in [3.8, 4) is 0 Å². The average molecular weight is 290 g/mol. The van der Waals surface area contributed by atoms with Crippen molar-refractivity contribution in [2.24, 2.45) is 0 Å². The lowest BCUT2D eigenvalue weighted by Gasteiger charge is -2.21. The summed E-state index contributed by atoms with van der Waals surface area (Å²) < 4.78 is 13.6. The Labute approximate surface area is 118 Å². The fourth-order valence-corrected chi connectivity index (χ4v) is 2.93. The third kappa shape index (κ3) is 3.84. The highest BCUT2D eigenvalue weighted by atomic mass is 35.5. The minimum atomic E-state index is -0.255. The molecule has 0 amide bonds. The minimum Gasteiger partial charge on any atom is -0.308 e. The van der Waals surface area contributed by atoms with Crippen LogP contribution in [0.3, 0.4) is 0 Å². The molecule has 2 unspecified atom stereocenters. The molecule has 0 aromatic heterocycles. The molecule has 18 heavy (non-hydrogen) atoms. The normalized spacial score (nSPS) is 24.8. The van der Waals surface area contributed by atoms with Gasteiger partial charge in [0.1, 0.15) is 5.82 Å². The van der Waals surface area contributed by atoms with Crippen LogP contribution in [-0.4, -0.2) is 11.4 Å². The van der Waals surface area contributed by atoms with Crippen LogP contribution in [0.5, 0.6) is 0 Å². The van der Waals surface area contributed by atoms with Crippen molar-refractivity contribution in [3.63, 3.8) is 0 Å². The highest BCUT2D eigenvalue weighted by Gasteiger charge is 2.21. The molecule has 1 aromatic carbocycles. The minimum absolute atomic E-state index is 0.155. The SMILES string of the molecule is Fc1cc(Cl)ccc1CNC1CCCCCC1Cl. The highest BCUT2D eigenvalue weighted by molar-refractivity contribution is 6.30. The lowest BCUT2D eigenvalue weighted by Crippen LogP contribution is -2.36. The number of nitrogens with one attached hydrogen (secondary N) is 1. The third-order valence-electron chi connectivity index (χ3n) is 3.50. The van der Waals surface area contributed by atoms with Crippen LogP contribution in [0.25, 0.3) is 0 Å². The Morgan fingerprint density at radius 1 is 1.22 bits per heavy atom. The number of halogens is 3. The van der Waals surface area contributed by atoms with Gasteiger partial charge in [-0.15, -0.1) is 11.6 Å². The van der Waals surface area contributed by atoms with E-state index in [-0.39, 0.29) is 17.2 Å². The third-order valence-corrected chi connectivity index (χ3v) is 4.26. The summed E-state index contributed by atoms with van der Waals surface area (Å²) >= 11 is 12.1. The van der Waals surface area contributed by atoms with Gasteiger partial charge in [0.15, 0.2) is 0 Å². The highest BCUT2D eigenvalue weighted by Crippen LogP contribution is 2.23. The van der Waals surface area contributed by atoms with E-state index in [1.807, 2.05) is 0 Å². The largest absolute Gasteiger partial charge is 0.308 e. The van der Waals surface area contributed by atoms with Crippen LogP contribution in [0.4, 0.5) is 4.39 Å². The second kappa shape index (κ2) is 6.74. The lowest BCUT2D eigenvalue weighted by atomic mass is 10.1. The van der Waals surface area contributed by atoms with Crippen LogP contribution < -0.4 is 5.32 Å². The Bertz CT molecular complexity index is 397. The molecular weight excluding hydrogens is 272 g/mol. The molecule has 1 fully saturated rings. The monoisotopic (exact) mass is 289 g/mol. The van der Waals surface area contributed by atoms with Crippen molar-refractivity contribution >= 4 is 23.2 Å². The smallest absolute Gasteiger partial charge is 0.129 e. The van der Waals surface area contributed by atoms with Gasteiger partial charge in [-0.05, 0) is 25.0 Å². The molecule has 0 saturated heterocycles. The van der Waals surface area contributed by atoms with Gasteiger partial charge in [-0.1, -0.05) is 36.9 Å². The van der Waals surface area contributed by atoms with Gasteiger partial charge in [0.25, 0.3) is 0 Å². The molecule has 0 heterocycles. The summed E-state index contributed by atoms with van der Waals surface area (Å²) in [5, 5.41) is 3.96. The van der Waals surface area contributed by atoms with Crippen LogP contribution in [0.2, 0.25) is 5.02 Å². The first kappa shape index (κ1) is 14.1. The molecule has 1 aliphatic rings. The number of hydrogen-bond donors (Lipinski definition) is 1. The van der Waals surface area contributed by atoms with Crippen molar-refractivity contribution in [1.82, 2.24) is 5.32 Å². The summed E-state index contributed by atoms with van der Waals surface area (Å²) in [6.45, 7) is 0.511. The van der Waals surface area contributed by atoms with Gasteiger partial charge < -0.3 is 5.32 Å². The summed E-state index contributed by atoms with van der Waals surface area (Å²) in [5.41, 5.74) is 0.646. The van der Waals surface area contributed by atoms with E-state index in [0.717, 1.165) is 12.8 Å². The van der Waals surface area contributed by atoms with Gasteiger partial charge in [0.2, 0.25) is 0 Å². The van der Waals surface area contributed by atoms with Gasteiger partial charge in [0.05, 0.1) is 0 Å². The molecule has 0 spiro atoms. The molecule has 100 valence electrons. The first-order valence-electron chi connectivity index (χ1n) is 6.48. The Balaban J connectivity index is 1.93. The molecule has 2 rings (SSSR count). The summed E-state index contributed by atoms with van der Waals surface area (Å²) in [7, 11) is 0. The Morgan fingerprint density at radius 3 is 2.78 bits per heavy atom. The molecule has 1 aromatic rings. The zero-order valence-electron chi connectivity index (χ0n) is 10.3. The fourth-order valence-electron chi connectivity index (χ4n) is 2.40. The number of benzene rings is 1. The Hall–Kier alpha value is -0.310. The van der Waals surface area contributed by atoms with E-state index in [9.17, 15) is 4.39 Å².